The number of benzene rings is 1. The largest absolute Gasteiger partial charge is 0.496 e. The molecule has 2 aromatic rings. The van der Waals surface area contributed by atoms with Crippen LogP contribution in [0.4, 0.5) is 0 Å². The lowest BCUT2D eigenvalue weighted by Crippen LogP contribution is -2.53. The normalized spacial score (nSPS) is 32.3. The molecule has 1 aromatic carbocycles. The Labute approximate surface area is 164 Å². The molecule has 2 aliphatic heterocycles. The molecule has 0 spiro atoms. The Hall–Kier alpha value is -2.05. The molecule has 3 heterocycles. The number of methoxy groups -OCH3 is 2. The molecule has 0 bridgehead atoms. The van der Waals surface area contributed by atoms with Crippen molar-refractivity contribution in [3.63, 3.8) is 0 Å². The number of hydrogen-bond acceptors (Lipinski definition) is 5. The van der Waals surface area contributed by atoms with Crippen LogP contribution in [0.25, 0.3) is 10.9 Å². The molecule has 5 atom stereocenters. The van der Waals surface area contributed by atoms with Gasteiger partial charge in [-0.15, -0.1) is 0 Å². The van der Waals surface area contributed by atoms with Gasteiger partial charge in [0.05, 0.1) is 32.3 Å². The Kier molecular flexibility index (Phi) is 4.36. The molecule has 6 nitrogen and oxygen atoms in total. The summed E-state index contributed by atoms with van der Waals surface area (Å²) in [5, 5.41) is 11.7. The van der Waals surface area contributed by atoms with Gasteiger partial charge in [-0.05, 0) is 55.2 Å². The van der Waals surface area contributed by atoms with Gasteiger partial charge in [0.25, 0.3) is 0 Å². The summed E-state index contributed by atoms with van der Waals surface area (Å²) in [6, 6.07) is 6.39. The topological polar surface area (TPSA) is 74.8 Å². The molecular weight excluding hydrogens is 356 g/mol. The van der Waals surface area contributed by atoms with Crippen molar-refractivity contribution in [2.75, 3.05) is 27.3 Å². The van der Waals surface area contributed by atoms with Gasteiger partial charge in [0.15, 0.2) is 0 Å². The number of aromatic nitrogens is 1. The molecule has 28 heavy (non-hydrogen) atoms. The SMILES string of the molecule is COC(=O)[C@H]1[C@H]2C[C@@H]3c4[nH]c5cccc(OC)c5c4CCN3C[C@H]2CC[C@@H]1O. The maximum Gasteiger partial charge on any atom is 0.311 e. The van der Waals surface area contributed by atoms with Crippen molar-refractivity contribution in [2.45, 2.75) is 37.8 Å². The van der Waals surface area contributed by atoms with E-state index in [1.54, 1.807) is 7.11 Å². The van der Waals surface area contributed by atoms with E-state index in [1.165, 1.54) is 23.8 Å². The summed E-state index contributed by atoms with van der Waals surface area (Å²) in [5.74, 6) is 0.860. The number of rotatable bonds is 2. The van der Waals surface area contributed by atoms with Crippen molar-refractivity contribution < 1.29 is 19.4 Å². The fourth-order valence-electron chi connectivity index (χ4n) is 6.04. The molecule has 150 valence electrons. The third kappa shape index (κ3) is 2.58. The zero-order chi connectivity index (χ0) is 19.4. The Morgan fingerprint density at radius 3 is 2.93 bits per heavy atom. The number of aliphatic hydroxyl groups excluding tert-OH is 1. The molecule has 0 amide bonds. The number of piperidine rings is 1. The van der Waals surface area contributed by atoms with Crippen LogP contribution in [0, 0.1) is 17.8 Å². The first-order chi connectivity index (χ1) is 13.6. The van der Waals surface area contributed by atoms with Gasteiger partial charge in [0, 0.05) is 29.7 Å². The molecule has 6 heteroatoms. The Morgan fingerprint density at radius 2 is 2.14 bits per heavy atom. The van der Waals surface area contributed by atoms with E-state index in [2.05, 4.69) is 16.0 Å². The fourth-order valence-corrected chi connectivity index (χ4v) is 6.04. The van der Waals surface area contributed by atoms with Crippen LogP contribution in [0.3, 0.4) is 0 Å². The number of fused-ring (bicyclic) bond motifs is 6. The van der Waals surface area contributed by atoms with Gasteiger partial charge in [-0.25, -0.2) is 0 Å². The van der Waals surface area contributed by atoms with E-state index in [0.29, 0.717) is 12.3 Å². The molecule has 5 rings (SSSR count). The Balaban J connectivity index is 1.54. The number of ether oxygens (including phenoxy) is 2. The molecule has 3 aliphatic rings. The summed E-state index contributed by atoms with van der Waals surface area (Å²) in [5.41, 5.74) is 3.72. The standard InChI is InChI=1S/C22H28N2O4/c1-27-18-5-3-4-15-19(18)13-8-9-24-11-12-6-7-17(25)20(22(26)28-2)14(12)10-16(24)21(13)23-15/h3-5,12,14,16-17,20,23,25H,6-11H2,1-2H3/t12-,14+,16-,17+,20+/m1/s1. The Bertz CT molecular complexity index is 907. The van der Waals surface area contributed by atoms with Crippen molar-refractivity contribution in [3.05, 3.63) is 29.5 Å². The first kappa shape index (κ1) is 18.0. The number of carbonyl (C=O) groups is 1. The van der Waals surface area contributed by atoms with Crippen molar-refractivity contribution in [1.82, 2.24) is 9.88 Å². The average Bonchev–Trinajstić information content (AvgIpc) is 3.11. The summed E-state index contributed by atoms with van der Waals surface area (Å²) in [7, 11) is 3.15. The van der Waals surface area contributed by atoms with Crippen LogP contribution in [0.5, 0.6) is 5.75 Å². The third-order valence-corrected chi connectivity index (χ3v) is 7.32. The molecule has 0 radical (unpaired) electrons. The van der Waals surface area contributed by atoms with Crippen LogP contribution in [-0.2, 0) is 16.0 Å². The zero-order valence-electron chi connectivity index (χ0n) is 16.5. The second kappa shape index (κ2) is 6.78. The number of hydrogen-bond donors (Lipinski definition) is 2. The van der Waals surface area contributed by atoms with E-state index in [0.717, 1.165) is 43.6 Å². The van der Waals surface area contributed by atoms with E-state index in [9.17, 15) is 9.90 Å². The summed E-state index contributed by atoms with van der Waals surface area (Å²) in [6.45, 7) is 2.01. The number of aliphatic hydroxyl groups is 1. The number of carbonyl (C=O) groups excluding carboxylic acids is 1. The van der Waals surface area contributed by atoms with Crippen LogP contribution in [0.1, 0.15) is 36.6 Å². The van der Waals surface area contributed by atoms with Crippen LogP contribution in [0.15, 0.2) is 18.2 Å². The second-order valence-electron chi connectivity index (χ2n) is 8.51. The minimum Gasteiger partial charge on any atom is -0.496 e. The molecule has 1 saturated carbocycles. The van der Waals surface area contributed by atoms with Gasteiger partial charge >= 0.3 is 5.97 Å². The molecule has 2 fully saturated rings. The predicted molar refractivity (Wildman–Crippen MR) is 105 cm³/mol. The minimum atomic E-state index is -0.592. The van der Waals surface area contributed by atoms with Crippen molar-refractivity contribution in [1.29, 1.82) is 0 Å². The number of esters is 1. The van der Waals surface area contributed by atoms with E-state index in [1.807, 2.05) is 12.1 Å². The number of H-pyrrole nitrogens is 1. The lowest BCUT2D eigenvalue weighted by atomic mass is 9.65. The lowest BCUT2D eigenvalue weighted by Gasteiger charge is -2.50. The first-order valence-electron chi connectivity index (χ1n) is 10.3. The van der Waals surface area contributed by atoms with Gasteiger partial charge in [-0.2, -0.15) is 0 Å². The monoisotopic (exact) mass is 384 g/mol. The smallest absolute Gasteiger partial charge is 0.311 e. The molecule has 1 aliphatic carbocycles. The fraction of sp³-hybridized carbons (Fsp3) is 0.591. The zero-order valence-corrected chi connectivity index (χ0v) is 16.5. The molecule has 1 aromatic heterocycles. The molecule has 1 saturated heterocycles. The maximum atomic E-state index is 12.4. The molecule has 0 unspecified atom stereocenters. The highest BCUT2D eigenvalue weighted by Crippen LogP contribution is 2.50. The number of nitrogens with zero attached hydrogens (tertiary/aromatic N) is 1. The van der Waals surface area contributed by atoms with Crippen LogP contribution >= 0.6 is 0 Å². The summed E-state index contributed by atoms with van der Waals surface area (Å²) >= 11 is 0. The van der Waals surface area contributed by atoms with Gasteiger partial charge in [-0.3, -0.25) is 9.69 Å². The summed E-state index contributed by atoms with van der Waals surface area (Å²) in [6.07, 6.45) is 2.96. The number of nitrogens with one attached hydrogen (secondary N) is 1. The lowest BCUT2D eigenvalue weighted by molar-refractivity contribution is -0.160. The molecule has 2 N–H and O–H groups in total. The number of aromatic amines is 1. The van der Waals surface area contributed by atoms with Gasteiger partial charge in [0.1, 0.15) is 5.75 Å². The highest BCUT2D eigenvalue weighted by molar-refractivity contribution is 5.91. The quantitative estimate of drug-likeness (QED) is 0.779. The Morgan fingerprint density at radius 1 is 1.29 bits per heavy atom. The van der Waals surface area contributed by atoms with Gasteiger partial charge < -0.3 is 19.6 Å². The van der Waals surface area contributed by atoms with Crippen molar-refractivity contribution in [2.24, 2.45) is 17.8 Å². The minimum absolute atomic E-state index is 0.164. The van der Waals surface area contributed by atoms with Crippen LogP contribution in [-0.4, -0.2) is 54.4 Å². The second-order valence-corrected chi connectivity index (χ2v) is 8.51. The van der Waals surface area contributed by atoms with E-state index in [-0.39, 0.29) is 17.9 Å². The van der Waals surface area contributed by atoms with E-state index >= 15 is 0 Å². The van der Waals surface area contributed by atoms with Crippen molar-refractivity contribution in [3.8, 4) is 5.75 Å². The first-order valence-corrected chi connectivity index (χ1v) is 10.3. The maximum absolute atomic E-state index is 12.4. The third-order valence-electron chi connectivity index (χ3n) is 7.32. The summed E-state index contributed by atoms with van der Waals surface area (Å²) in [4.78, 5) is 18.7. The van der Waals surface area contributed by atoms with E-state index < -0.39 is 12.0 Å². The van der Waals surface area contributed by atoms with Crippen LogP contribution in [0.2, 0.25) is 0 Å². The van der Waals surface area contributed by atoms with Gasteiger partial charge in [0.2, 0.25) is 0 Å². The predicted octanol–water partition coefficient (Wildman–Crippen LogP) is 2.66. The highest BCUT2D eigenvalue weighted by atomic mass is 16.5. The molecular formula is C22H28N2O4. The van der Waals surface area contributed by atoms with Gasteiger partial charge in [-0.1, -0.05) is 6.07 Å². The van der Waals surface area contributed by atoms with Crippen LogP contribution < -0.4 is 4.74 Å². The highest BCUT2D eigenvalue weighted by Gasteiger charge is 2.49. The summed E-state index contributed by atoms with van der Waals surface area (Å²) < 4.78 is 10.7. The van der Waals surface area contributed by atoms with E-state index in [4.69, 9.17) is 9.47 Å². The average molecular weight is 384 g/mol. The van der Waals surface area contributed by atoms with Crippen molar-refractivity contribution >= 4 is 16.9 Å².